The minimum absolute atomic E-state index is 0.0940. The minimum atomic E-state index is -3.58. The van der Waals surface area contributed by atoms with Gasteiger partial charge in [0, 0.05) is 24.7 Å². The molecule has 1 atom stereocenters. The van der Waals surface area contributed by atoms with Gasteiger partial charge in [-0.15, -0.1) is 10.2 Å². The van der Waals surface area contributed by atoms with E-state index in [2.05, 4.69) is 15.5 Å². The summed E-state index contributed by atoms with van der Waals surface area (Å²) >= 11 is 1.21. The van der Waals surface area contributed by atoms with Crippen LogP contribution in [0.1, 0.15) is 46.1 Å². The van der Waals surface area contributed by atoms with E-state index < -0.39 is 10.0 Å². The van der Waals surface area contributed by atoms with Gasteiger partial charge in [0.25, 0.3) is 5.91 Å². The van der Waals surface area contributed by atoms with Crippen LogP contribution < -0.4 is 10.1 Å². The van der Waals surface area contributed by atoms with Gasteiger partial charge >= 0.3 is 0 Å². The second-order valence-electron chi connectivity index (χ2n) is 7.83. The highest BCUT2D eigenvalue weighted by atomic mass is 32.2. The van der Waals surface area contributed by atoms with Crippen molar-refractivity contribution in [3.8, 4) is 5.75 Å². The number of carbonyl (C=O) groups is 1. The summed E-state index contributed by atoms with van der Waals surface area (Å²) in [6.07, 6.45) is 2.39. The Kier molecular flexibility index (Phi) is 7.06. The zero-order chi connectivity index (χ0) is 23.4. The summed E-state index contributed by atoms with van der Waals surface area (Å²) in [5, 5.41) is 12.0. The smallest absolute Gasteiger partial charge is 0.286 e. The Morgan fingerprint density at radius 2 is 1.88 bits per heavy atom. The van der Waals surface area contributed by atoms with Crippen LogP contribution in [0.3, 0.4) is 0 Å². The summed E-state index contributed by atoms with van der Waals surface area (Å²) in [6, 6.07) is 14.1. The first-order valence-corrected chi connectivity index (χ1v) is 13.0. The fourth-order valence-electron chi connectivity index (χ4n) is 3.76. The number of hydrogen-bond donors (Lipinski definition) is 1. The number of methoxy groups -OCH3 is 1. The van der Waals surface area contributed by atoms with Crippen LogP contribution in [0.25, 0.3) is 0 Å². The van der Waals surface area contributed by atoms with E-state index in [4.69, 9.17) is 4.74 Å². The van der Waals surface area contributed by atoms with Crippen molar-refractivity contribution in [3.63, 3.8) is 0 Å². The third-order valence-corrected chi connectivity index (χ3v) is 8.65. The summed E-state index contributed by atoms with van der Waals surface area (Å²) in [7, 11) is -2.00. The van der Waals surface area contributed by atoms with E-state index in [-0.39, 0.29) is 16.8 Å². The van der Waals surface area contributed by atoms with Crippen LogP contribution in [-0.2, 0) is 16.4 Å². The number of piperidine rings is 1. The molecule has 0 unspecified atom stereocenters. The maximum Gasteiger partial charge on any atom is 0.286 e. The molecule has 0 spiro atoms. The van der Waals surface area contributed by atoms with Crippen molar-refractivity contribution in [2.45, 2.75) is 37.0 Å². The Morgan fingerprint density at radius 3 is 2.55 bits per heavy atom. The second-order valence-corrected chi connectivity index (χ2v) is 10.8. The number of rotatable bonds is 7. The Hall–Kier alpha value is -2.82. The van der Waals surface area contributed by atoms with Crippen molar-refractivity contribution in [1.82, 2.24) is 14.5 Å². The van der Waals surface area contributed by atoms with Gasteiger partial charge in [-0.25, -0.2) is 8.42 Å². The molecule has 1 N–H and O–H groups in total. The number of aryl methyl sites for hydroxylation is 1. The molecule has 4 rings (SSSR count). The number of benzene rings is 2. The largest absolute Gasteiger partial charge is 0.497 e. The third-order valence-electron chi connectivity index (χ3n) is 5.69. The summed E-state index contributed by atoms with van der Waals surface area (Å²) < 4.78 is 32.9. The Bertz CT molecular complexity index is 1210. The van der Waals surface area contributed by atoms with E-state index in [1.807, 2.05) is 19.1 Å². The Balaban J connectivity index is 1.44. The molecule has 10 heteroatoms. The fraction of sp³-hybridized carbons (Fsp3) is 0.348. The van der Waals surface area contributed by atoms with Crippen LogP contribution >= 0.6 is 11.3 Å². The molecule has 33 heavy (non-hydrogen) atoms. The van der Waals surface area contributed by atoms with E-state index in [9.17, 15) is 13.2 Å². The van der Waals surface area contributed by atoms with E-state index in [0.29, 0.717) is 34.4 Å². The molecule has 1 aromatic heterocycles. The molecule has 0 bridgehead atoms. The zero-order valence-corrected chi connectivity index (χ0v) is 20.2. The van der Waals surface area contributed by atoms with Gasteiger partial charge in [-0.05, 0) is 61.2 Å². The predicted octanol–water partition coefficient (Wildman–Crippen LogP) is 3.93. The molecular weight excluding hydrogens is 460 g/mol. The van der Waals surface area contributed by atoms with Crippen molar-refractivity contribution in [3.05, 3.63) is 64.1 Å². The molecule has 3 aromatic rings. The number of nitrogens with one attached hydrogen (secondary N) is 1. The molecule has 1 aliphatic heterocycles. The first-order chi connectivity index (χ1) is 15.9. The SMILES string of the molecule is CCc1ccc(S(=O)(=O)N2CCC[C@H](c3nnc(C(=O)Nc4ccc(OC)cc4)s3)C2)cc1. The molecule has 0 radical (unpaired) electrons. The molecule has 0 aliphatic carbocycles. The highest BCUT2D eigenvalue weighted by Gasteiger charge is 2.32. The Morgan fingerprint density at radius 1 is 1.15 bits per heavy atom. The lowest BCUT2D eigenvalue weighted by molar-refractivity contribution is 0.102. The normalized spacial score (nSPS) is 17.0. The van der Waals surface area contributed by atoms with Crippen LogP contribution in [-0.4, -0.2) is 49.0 Å². The number of ether oxygens (including phenoxy) is 1. The number of aromatic nitrogens is 2. The van der Waals surface area contributed by atoms with Crippen LogP contribution in [0.4, 0.5) is 5.69 Å². The molecule has 1 saturated heterocycles. The van der Waals surface area contributed by atoms with Crippen molar-refractivity contribution in [1.29, 1.82) is 0 Å². The average molecular weight is 487 g/mol. The molecule has 0 saturated carbocycles. The van der Waals surface area contributed by atoms with Crippen LogP contribution in [0.5, 0.6) is 5.75 Å². The van der Waals surface area contributed by atoms with Gasteiger partial charge in [-0.1, -0.05) is 30.4 Å². The number of nitrogens with zero attached hydrogens (tertiary/aromatic N) is 3. The number of anilines is 1. The molecule has 2 heterocycles. The highest BCUT2D eigenvalue weighted by molar-refractivity contribution is 7.89. The lowest BCUT2D eigenvalue weighted by Crippen LogP contribution is -2.39. The zero-order valence-electron chi connectivity index (χ0n) is 18.5. The van der Waals surface area contributed by atoms with E-state index in [0.717, 1.165) is 24.8 Å². The fourth-order valence-corrected chi connectivity index (χ4v) is 6.15. The van der Waals surface area contributed by atoms with Crippen LogP contribution in [0.15, 0.2) is 53.4 Å². The number of carbonyl (C=O) groups excluding carboxylic acids is 1. The summed E-state index contributed by atoms with van der Waals surface area (Å²) in [6.45, 7) is 2.83. The van der Waals surface area contributed by atoms with E-state index in [1.165, 1.54) is 15.6 Å². The predicted molar refractivity (Wildman–Crippen MR) is 127 cm³/mol. The topological polar surface area (TPSA) is 101 Å². The highest BCUT2D eigenvalue weighted by Crippen LogP contribution is 2.32. The van der Waals surface area contributed by atoms with Gasteiger partial charge in [0.1, 0.15) is 10.8 Å². The first-order valence-electron chi connectivity index (χ1n) is 10.8. The monoisotopic (exact) mass is 486 g/mol. The van der Waals surface area contributed by atoms with Crippen LogP contribution in [0.2, 0.25) is 0 Å². The van der Waals surface area contributed by atoms with Crippen molar-refractivity contribution < 1.29 is 17.9 Å². The molecular formula is C23H26N4O4S2. The maximum absolute atomic E-state index is 13.1. The van der Waals surface area contributed by atoms with Crippen molar-refractivity contribution in [2.24, 2.45) is 0 Å². The number of amides is 1. The first kappa shape index (κ1) is 23.3. The standard InChI is InChI=1S/C23H26N4O4S2/c1-3-16-6-12-20(13-7-16)33(29,30)27-14-4-5-17(15-27)22-25-26-23(32-22)21(28)24-18-8-10-19(31-2)11-9-18/h6-13,17H,3-5,14-15H2,1-2H3,(H,24,28)/t17-/m0/s1. The van der Waals surface area contributed by atoms with E-state index in [1.54, 1.807) is 43.5 Å². The lowest BCUT2D eigenvalue weighted by Gasteiger charge is -2.30. The average Bonchev–Trinajstić information content (AvgIpc) is 3.35. The summed E-state index contributed by atoms with van der Waals surface area (Å²) in [5.41, 5.74) is 1.72. The van der Waals surface area contributed by atoms with Crippen molar-refractivity contribution in [2.75, 3.05) is 25.5 Å². The van der Waals surface area contributed by atoms with Gasteiger partial charge in [0.05, 0.1) is 12.0 Å². The maximum atomic E-state index is 13.1. The molecule has 1 aliphatic rings. The molecule has 1 fully saturated rings. The quantitative estimate of drug-likeness (QED) is 0.543. The number of hydrogen-bond acceptors (Lipinski definition) is 7. The van der Waals surface area contributed by atoms with Gasteiger partial charge in [0.2, 0.25) is 15.0 Å². The van der Waals surface area contributed by atoms with E-state index >= 15 is 0 Å². The second kappa shape index (κ2) is 9.98. The minimum Gasteiger partial charge on any atom is -0.497 e. The molecule has 2 aromatic carbocycles. The van der Waals surface area contributed by atoms with Gasteiger partial charge < -0.3 is 10.1 Å². The molecule has 8 nitrogen and oxygen atoms in total. The lowest BCUT2D eigenvalue weighted by atomic mass is 10.0. The van der Waals surface area contributed by atoms with Crippen LogP contribution in [0, 0.1) is 0 Å². The van der Waals surface area contributed by atoms with Gasteiger partial charge in [-0.2, -0.15) is 4.31 Å². The van der Waals surface area contributed by atoms with Gasteiger partial charge in [-0.3, -0.25) is 4.79 Å². The number of sulfonamides is 1. The Labute approximate surface area is 197 Å². The summed E-state index contributed by atoms with van der Waals surface area (Å²) in [5.74, 6) is 0.257. The van der Waals surface area contributed by atoms with Gasteiger partial charge in [0.15, 0.2) is 0 Å². The third kappa shape index (κ3) is 5.23. The van der Waals surface area contributed by atoms with Crippen molar-refractivity contribution >= 4 is 33.0 Å². The molecule has 1 amide bonds. The summed E-state index contributed by atoms with van der Waals surface area (Å²) in [4.78, 5) is 12.9. The molecule has 174 valence electrons.